The van der Waals surface area contributed by atoms with Crippen LogP contribution in [0.5, 0.6) is 0 Å². The summed E-state index contributed by atoms with van der Waals surface area (Å²) in [5, 5.41) is 16.2. The molecule has 1 atom stereocenters. The molecule has 3 aromatic carbocycles. The molecule has 4 aromatic rings. The van der Waals surface area contributed by atoms with Gasteiger partial charge in [-0.3, -0.25) is 4.79 Å². The predicted molar refractivity (Wildman–Crippen MR) is 115 cm³/mol. The minimum atomic E-state index is -0.473. The first-order valence-electron chi connectivity index (χ1n) is 9.29. The number of nitrogens with one attached hydrogen (secondary N) is 2. The van der Waals surface area contributed by atoms with Gasteiger partial charge in [0.15, 0.2) is 0 Å². The quantitative estimate of drug-likeness (QED) is 0.484. The first kappa shape index (κ1) is 18.3. The van der Waals surface area contributed by atoms with Gasteiger partial charge in [-0.05, 0) is 55.5 Å². The topological polar surface area (TPSA) is 78.1 Å². The Labute approximate surface area is 168 Å². The molecular formula is C24H19N3O2. The average Bonchev–Trinajstić information content (AvgIpc) is 3.19. The number of furan rings is 1. The molecule has 0 unspecified atom stereocenters. The van der Waals surface area contributed by atoms with E-state index in [4.69, 9.17) is 9.68 Å². The van der Waals surface area contributed by atoms with Crippen LogP contribution < -0.4 is 10.6 Å². The Bertz CT molecular complexity index is 1170. The van der Waals surface area contributed by atoms with E-state index in [1.54, 1.807) is 31.2 Å². The van der Waals surface area contributed by atoms with Gasteiger partial charge < -0.3 is 15.1 Å². The van der Waals surface area contributed by atoms with E-state index in [-0.39, 0.29) is 5.91 Å². The highest BCUT2D eigenvalue weighted by Crippen LogP contribution is 2.28. The fourth-order valence-electron chi connectivity index (χ4n) is 3.10. The van der Waals surface area contributed by atoms with Gasteiger partial charge in [-0.15, -0.1) is 0 Å². The Morgan fingerprint density at radius 3 is 2.48 bits per heavy atom. The van der Waals surface area contributed by atoms with Crippen LogP contribution in [0.1, 0.15) is 12.5 Å². The molecule has 1 amide bonds. The Morgan fingerprint density at radius 1 is 1.00 bits per heavy atom. The third-order valence-corrected chi connectivity index (χ3v) is 4.68. The maximum atomic E-state index is 12.5. The number of rotatable bonds is 5. The summed E-state index contributed by atoms with van der Waals surface area (Å²) in [5.74, 6) is 0.589. The van der Waals surface area contributed by atoms with Crippen LogP contribution in [-0.2, 0) is 4.79 Å². The van der Waals surface area contributed by atoms with Gasteiger partial charge in [-0.2, -0.15) is 5.26 Å². The summed E-state index contributed by atoms with van der Waals surface area (Å²) >= 11 is 0. The van der Waals surface area contributed by atoms with Crippen LogP contribution in [0.25, 0.3) is 22.3 Å². The maximum Gasteiger partial charge on any atom is 0.246 e. The standard InChI is InChI=1S/C24H19N3O2/c1-16(24(28)27-21-8-4-2-7-19(21)15-25)26-20-12-10-17(11-13-20)23-14-18-6-3-5-9-22(18)29-23/h2-14,16,26H,1H3,(H,27,28)/t16-/m0/s1. The van der Waals surface area contributed by atoms with Crippen molar-refractivity contribution in [2.45, 2.75) is 13.0 Å². The molecular weight excluding hydrogens is 362 g/mol. The third kappa shape index (κ3) is 3.97. The minimum Gasteiger partial charge on any atom is -0.456 e. The van der Waals surface area contributed by atoms with E-state index in [1.165, 1.54) is 0 Å². The highest BCUT2D eigenvalue weighted by molar-refractivity contribution is 5.97. The lowest BCUT2D eigenvalue weighted by atomic mass is 10.1. The van der Waals surface area contributed by atoms with Crippen LogP contribution in [0.4, 0.5) is 11.4 Å². The zero-order valence-electron chi connectivity index (χ0n) is 15.8. The summed E-state index contributed by atoms with van der Waals surface area (Å²) in [6, 6.07) is 26.2. The van der Waals surface area contributed by atoms with Crippen molar-refractivity contribution in [3.8, 4) is 17.4 Å². The normalized spacial score (nSPS) is 11.6. The van der Waals surface area contributed by atoms with Crippen molar-refractivity contribution in [3.05, 3.63) is 84.4 Å². The number of fused-ring (bicyclic) bond motifs is 1. The first-order valence-corrected chi connectivity index (χ1v) is 9.29. The minimum absolute atomic E-state index is 0.214. The SMILES string of the molecule is C[C@H](Nc1ccc(-c2cc3ccccc3o2)cc1)C(=O)Nc1ccccc1C#N. The van der Waals surface area contributed by atoms with Gasteiger partial charge in [-0.25, -0.2) is 0 Å². The molecule has 29 heavy (non-hydrogen) atoms. The van der Waals surface area contributed by atoms with Gasteiger partial charge in [0.2, 0.25) is 5.91 Å². The van der Waals surface area contributed by atoms with Crippen molar-refractivity contribution < 1.29 is 9.21 Å². The van der Waals surface area contributed by atoms with Crippen LogP contribution in [-0.4, -0.2) is 11.9 Å². The van der Waals surface area contributed by atoms with E-state index in [9.17, 15) is 4.79 Å². The number of carbonyl (C=O) groups is 1. The first-order chi connectivity index (χ1) is 14.1. The summed E-state index contributed by atoms with van der Waals surface area (Å²) < 4.78 is 5.89. The van der Waals surface area contributed by atoms with E-state index in [2.05, 4.69) is 16.7 Å². The summed E-state index contributed by atoms with van der Waals surface area (Å²) in [6.07, 6.45) is 0. The fraction of sp³-hybridized carbons (Fsp3) is 0.0833. The smallest absolute Gasteiger partial charge is 0.246 e. The number of carbonyl (C=O) groups excluding carboxylic acids is 1. The lowest BCUT2D eigenvalue weighted by molar-refractivity contribution is -0.116. The van der Waals surface area contributed by atoms with Gasteiger partial charge in [0.25, 0.3) is 0 Å². The van der Waals surface area contributed by atoms with Crippen LogP contribution >= 0.6 is 0 Å². The molecule has 1 heterocycles. The number of anilines is 2. The third-order valence-electron chi connectivity index (χ3n) is 4.68. The Balaban J connectivity index is 1.44. The molecule has 0 saturated heterocycles. The fourth-order valence-corrected chi connectivity index (χ4v) is 3.10. The zero-order valence-corrected chi connectivity index (χ0v) is 15.8. The van der Waals surface area contributed by atoms with Crippen molar-refractivity contribution in [3.63, 3.8) is 0 Å². The van der Waals surface area contributed by atoms with Gasteiger partial charge in [0.1, 0.15) is 23.5 Å². The van der Waals surface area contributed by atoms with Crippen molar-refractivity contribution in [2.24, 2.45) is 0 Å². The predicted octanol–water partition coefficient (Wildman–Crippen LogP) is 5.41. The maximum absolute atomic E-state index is 12.5. The van der Waals surface area contributed by atoms with Gasteiger partial charge >= 0.3 is 0 Å². The second-order valence-electron chi connectivity index (χ2n) is 6.74. The van der Waals surface area contributed by atoms with E-state index < -0.39 is 6.04 Å². The lowest BCUT2D eigenvalue weighted by Crippen LogP contribution is -2.32. The molecule has 0 radical (unpaired) electrons. The van der Waals surface area contributed by atoms with Crippen molar-refractivity contribution in [1.29, 1.82) is 5.26 Å². The Morgan fingerprint density at radius 2 is 1.72 bits per heavy atom. The van der Waals surface area contributed by atoms with E-state index in [0.717, 1.165) is 28.0 Å². The number of para-hydroxylation sites is 2. The number of hydrogen-bond donors (Lipinski definition) is 2. The molecule has 142 valence electrons. The highest BCUT2D eigenvalue weighted by Gasteiger charge is 2.14. The van der Waals surface area contributed by atoms with E-state index in [0.29, 0.717) is 11.3 Å². The van der Waals surface area contributed by atoms with Crippen LogP contribution in [0.2, 0.25) is 0 Å². The van der Waals surface area contributed by atoms with Crippen LogP contribution in [0.15, 0.2) is 83.3 Å². The number of hydrogen-bond acceptors (Lipinski definition) is 4. The second-order valence-corrected chi connectivity index (χ2v) is 6.74. The summed E-state index contributed by atoms with van der Waals surface area (Å²) in [5.41, 5.74) is 3.58. The molecule has 0 aliphatic carbocycles. The molecule has 0 aliphatic rings. The Hall–Kier alpha value is -4.04. The number of amides is 1. The molecule has 0 bridgehead atoms. The molecule has 0 spiro atoms. The second kappa shape index (κ2) is 7.91. The molecule has 0 fully saturated rings. The molecule has 0 aliphatic heterocycles. The van der Waals surface area contributed by atoms with Crippen molar-refractivity contribution >= 4 is 28.3 Å². The molecule has 2 N–H and O–H groups in total. The molecule has 0 saturated carbocycles. The average molecular weight is 381 g/mol. The lowest BCUT2D eigenvalue weighted by Gasteiger charge is -2.16. The highest BCUT2D eigenvalue weighted by atomic mass is 16.3. The molecule has 5 nitrogen and oxygen atoms in total. The summed E-state index contributed by atoms with van der Waals surface area (Å²) in [7, 11) is 0. The molecule has 1 aromatic heterocycles. The van der Waals surface area contributed by atoms with Crippen molar-refractivity contribution in [1.82, 2.24) is 0 Å². The number of nitrogens with zero attached hydrogens (tertiary/aromatic N) is 1. The monoisotopic (exact) mass is 381 g/mol. The van der Waals surface area contributed by atoms with Gasteiger partial charge in [0.05, 0.1) is 11.3 Å². The van der Waals surface area contributed by atoms with Gasteiger partial charge in [0, 0.05) is 16.6 Å². The zero-order chi connectivity index (χ0) is 20.2. The number of nitriles is 1. The largest absolute Gasteiger partial charge is 0.456 e. The Kier molecular flexibility index (Phi) is 5.00. The van der Waals surface area contributed by atoms with Crippen LogP contribution in [0.3, 0.4) is 0 Å². The summed E-state index contributed by atoms with van der Waals surface area (Å²) in [4.78, 5) is 12.5. The number of benzene rings is 3. The summed E-state index contributed by atoms with van der Waals surface area (Å²) in [6.45, 7) is 1.78. The van der Waals surface area contributed by atoms with E-state index >= 15 is 0 Å². The van der Waals surface area contributed by atoms with Crippen LogP contribution in [0, 0.1) is 11.3 Å². The molecule has 4 rings (SSSR count). The molecule has 5 heteroatoms. The van der Waals surface area contributed by atoms with Crippen molar-refractivity contribution in [2.75, 3.05) is 10.6 Å². The van der Waals surface area contributed by atoms with E-state index in [1.807, 2.05) is 54.6 Å². The van der Waals surface area contributed by atoms with Gasteiger partial charge in [-0.1, -0.05) is 30.3 Å².